The molecule has 0 amide bonds. The van der Waals surface area contributed by atoms with E-state index in [0.29, 0.717) is 0 Å². The van der Waals surface area contributed by atoms with Gasteiger partial charge < -0.3 is 0 Å². The fourth-order valence-electron chi connectivity index (χ4n) is 2.76. The van der Waals surface area contributed by atoms with Gasteiger partial charge in [0.15, 0.2) is 0 Å². The van der Waals surface area contributed by atoms with Gasteiger partial charge in [-0.1, -0.05) is 31.4 Å². The van der Waals surface area contributed by atoms with E-state index in [1.165, 1.54) is 44.1 Å². The smallest absolute Gasteiger partial charge is 0.0545 e. The Labute approximate surface area is 80.0 Å². The summed E-state index contributed by atoms with van der Waals surface area (Å²) in [6.07, 6.45) is 8.11. The minimum Gasteiger partial charge on any atom is -0.118 e. The van der Waals surface area contributed by atoms with Gasteiger partial charge >= 0.3 is 0 Å². The van der Waals surface area contributed by atoms with Crippen LogP contribution in [0.25, 0.3) is 0 Å². The van der Waals surface area contributed by atoms with Crippen molar-refractivity contribution in [2.24, 2.45) is 11.8 Å². The second kappa shape index (κ2) is 3.41. The Morgan fingerprint density at radius 2 is 1.83 bits per heavy atom. The Balaban J connectivity index is 2.02. The first-order valence-corrected chi connectivity index (χ1v) is 5.53. The molecule has 0 radical (unpaired) electrons. The summed E-state index contributed by atoms with van der Waals surface area (Å²) in [5.41, 5.74) is 1.29. The number of fused-ring (bicyclic) bond motifs is 1. The number of hydrogen-bond donors (Lipinski definition) is 0. The van der Waals surface area contributed by atoms with Gasteiger partial charge in [-0.3, -0.25) is 0 Å². The number of hydrogen-bond acceptors (Lipinski definition) is 0. The maximum absolute atomic E-state index is 6.19. The summed E-state index contributed by atoms with van der Waals surface area (Å²) in [5.74, 6) is 1.85. The van der Waals surface area contributed by atoms with Crippen LogP contribution >= 0.6 is 11.6 Å². The fraction of sp³-hybridized carbons (Fsp3) is 0.818. The summed E-state index contributed by atoms with van der Waals surface area (Å²) in [5, 5.41) is 0.282. The van der Waals surface area contributed by atoms with E-state index in [1.54, 1.807) is 0 Å². The minimum atomic E-state index is 0.282. The Morgan fingerprint density at radius 1 is 1.17 bits per heavy atom. The SMILES string of the molecule is C=C1CC2CCCCC2CC1Cl. The maximum Gasteiger partial charge on any atom is 0.0545 e. The quantitative estimate of drug-likeness (QED) is 0.398. The molecule has 0 bridgehead atoms. The van der Waals surface area contributed by atoms with Crippen LogP contribution in [0, 0.1) is 11.8 Å². The van der Waals surface area contributed by atoms with Crippen molar-refractivity contribution in [3.05, 3.63) is 12.2 Å². The molecule has 3 atom stereocenters. The predicted molar refractivity (Wildman–Crippen MR) is 53.5 cm³/mol. The molecule has 0 nitrogen and oxygen atoms in total. The third-order valence-electron chi connectivity index (χ3n) is 3.54. The van der Waals surface area contributed by atoms with Crippen LogP contribution in [0.3, 0.4) is 0 Å². The summed E-state index contributed by atoms with van der Waals surface area (Å²) in [7, 11) is 0. The molecule has 3 unspecified atom stereocenters. The lowest BCUT2D eigenvalue weighted by molar-refractivity contribution is 0.201. The molecule has 0 heterocycles. The van der Waals surface area contributed by atoms with Gasteiger partial charge in [-0.15, -0.1) is 11.6 Å². The van der Waals surface area contributed by atoms with Gasteiger partial charge in [-0.25, -0.2) is 0 Å². The van der Waals surface area contributed by atoms with Crippen molar-refractivity contribution in [2.45, 2.75) is 43.9 Å². The number of allylic oxidation sites excluding steroid dienone is 1. The molecule has 0 aromatic heterocycles. The zero-order chi connectivity index (χ0) is 8.55. The maximum atomic E-state index is 6.19. The van der Waals surface area contributed by atoms with Crippen LogP contribution in [0.2, 0.25) is 0 Å². The van der Waals surface area contributed by atoms with Crippen molar-refractivity contribution >= 4 is 11.6 Å². The Kier molecular flexibility index (Phi) is 2.45. The van der Waals surface area contributed by atoms with Crippen LogP contribution in [0.4, 0.5) is 0 Å². The molecule has 2 aliphatic rings. The summed E-state index contributed by atoms with van der Waals surface area (Å²) < 4.78 is 0. The van der Waals surface area contributed by atoms with Gasteiger partial charge in [0.2, 0.25) is 0 Å². The molecule has 0 saturated heterocycles. The molecule has 0 aromatic carbocycles. The van der Waals surface area contributed by atoms with Gasteiger partial charge in [-0.05, 0) is 31.1 Å². The molecular weight excluding hydrogens is 168 g/mol. The highest BCUT2D eigenvalue weighted by Crippen LogP contribution is 2.43. The van der Waals surface area contributed by atoms with Crippen molar-refractivity contribution in [1.29, 1.82) is 0 Å². The molecule has 0 aliphatic heterocycles. The van der Waals surface area contributed by atoms with Crippen LogP contribution in [-0.2, 0) is 0 Å². The summed E-state index contributed by atoms with van der Waals surface area (Å²) >= 11 is 6.19. The van der Waals surface area contributed by atoms with E-state index in [4.69, 9.17) is 11.6 Å². The van der Waals surface area contributed by atoms with Crippen molar-refractivity contribution in [3.8, 4) is 0 Å². The predicted octanol–water partition coefficient (Wildman–Crippen LogP) is 3.75. The lowest BCUT2D eigenvalue weighted by Gasteiger charge is -2.38. The first-order valence-electron chi connectivity index (χ1n) is 5.09. The monoisotopic (exact) mass is 184 g/mol. The molecular formula is C11H17Cl. The highest BCUT2D eigenvalue weighted by atomic mass is 35.5. The van der Waals surface area contributed by atoms with E-state index in [1.807, 2.05) is 0 Å². The van der Waals surface area contributed by atoms with E-state index in [2.05, 4.69) is 6.58 Å². The number of halogens is 1. The Hall–Kier alpha value is 0.0300. The average Bonchev–Trinajstić information content (AvgIpc) is 2.07. The molecule has 2 rings (SSSR count). The minimum absolute atomic E-state index is 0.282. The molecule has 1 heteroatoms. The van der Waals surface area contributed by atoms with E-state index < -0.39 is 0 Å². The zero-order valence-electron chi connectivity index (χ0n) is 7.56. The normalized spacial score (nSPS) is 42.4. The van der Waals surface area contributed by atoms with E-state index >= 15 is 0 Å². The molecule has 0 spiro atoms. The zero-order valence-corrected chi connectivity index (χ0v) is 8.32. The van der Waals surface area contributed by atoms with Crippen molar-refractivity contribution < 1.29 is 0 Å². The van der Waals surface area contributed by atoms with Gasteiger partial charge in [0.1, 0.15) is 0 Å². The van der Waals surface area contributed by atoms with Crippen LogP contribution in [0.15, 0.2) is 12.2 Å². The van der Waals surface area contributed by atoms with Gasteiger partial charge in [0.05, 0.1) is 5.38 Å². The third-order valence-corrected chi connectivity index (χ3v) is 4.03. The van der Waals surface area contributed by atoms with Crippen molar-refractivity contribution in [2.75, 3.05) is 0 Å². The highest BCUT2D eigenvalue weighted by molar-refractivity contribution is 6.22. The van der Waals surface area contributed by atoms with Crippen LogP contribution in [0.1, 0.15) is 38.5 Å². The van der Waals surface area contributed by atoms with Crippen LogP contribution < -0.4 is 0 Å². The Bertz CT molecular complexity index is 185. The molecule has 68 valence electrons. The average molecular weight is 185 g/mol. The van der Waals surface area contributed by atoms with Gasteiger partial charge in [0, 0.05) is 0 Å². The van der Waals surface area contributed by atoms with E-state index in [-0.39, 0.29) is 5.38 Å². The molecule has 12 heavy (non-hydrogen) atoms. The first kappa shape index (κ1) is 8.62. The largest absolute Gasteiger partial charge is 0.118 e. The highest BCUT2D eigenvalue weighted by Gasteiger charge is 2.32. The molecule has 0 N–H and O–H groups in total. The van der Waals surface area contributed by atoms with E-state index in [9.17, 15) is 0 Å². The second-order valence-corrected chi connectivity index (χ2v) is 4.90. The lowest BCUT2D eigenvalue weighted by Crippen LogP contribution is -2.29. The van der Waals surface area contributed by atoms with E-state index in [0.717, 1.165) is 11.8 Å². The van der Waals surface area contributed by atoms with Crippen molar-refractivity contribution in [1.82, 2.24) is 0 Å². The summed E-state index contributed by atoms with van der Waals surface area (Å²) in [4.78, 5) is 0. The van der Waals surface area contributed by atoms with Crippen LogP contribution in [0.5, 0.6) is 0 Å². The number of rotatable bonds is 0. The molecule has 2 saturated carbocycles. The molecule has 2 aliphatic carbocycles. The first-order chi connectivity index (χ1) is 5.77. The lowest BCUT2D eigenvalue weighted by atomic mass is 9.69. The van der Waals surface area contributed by atoms with Crippen molar-refractivity contribution in [3.63, 3.8) is 0 Å². The molecule has 2 fully saturated rings. The van der Waals surface area contributed by atoms with Crippen LogP contribution in [-0.4, -0.2) is 5.38 Å². The fourth-order valence-corrected chi connectivity index (χ4v) is 3.08. The topological polar surface area (TPSA) is 0 Å². The molecule has 0 aromatic rings. The third kappa shape index (κ3) is 1.54. The summed E-state index contributed by atoms with van der Waals surface area (Å²) in [6.45, 7) is 4.05. The Morgan fingerprint density at radius 3 is 2.58 bits per heavy atom. The standard InChI is InChI=1S/C11H17Cl/c1-8-6-9-4-2-3-5-10(9)7-11(8)12/h9-11H,1-7H2. The number of alkyl halides is 1. The van der Waals surface area contributed by atoms with Gasteiger partial charge in [0.25, 0.3) is 0 Å². The van der Waals surface area contributed by atoms with Gasteiger partial charge in [-0.2, -0.15) is 0 Å². The summed E-state index contributed by atoms with van der Waals surface area (Å²) in [6, 6.07) is 0. The second-order valence-electron chi connectivity index (χ2n) is 4.37.